The highest BCUT2D eigenvalue weighted by Gasteiger charge is 2.18. The maximum Gasteiger partial charge on any atom is 0.262 e. The minimum atomic E-state index is -0.197. The molecule has 2 heterocycles. The molecule has 3 rings (SSSR count). The monoisotopic (exact) mass is 300 g/mol. The first-order valence-corrected chi connectivity index (χ1v) is 7.02. The lowest BCUT2D eigenvalue weighted by molar-refractivity contribution is -0.118. The summed E-state index contributed by atoms with van der Waals surface area (Å²) in [6.07, 6.45) is 2.23. The number of hydrogen-bond donors (Lipinski definition) is 2. The maximum absolute atomic E-state index is 12.2. The number of anilines is 1. The summed E-state index contributed by atoms with van der Waals surface area (Å²) in [4.78, 5) is 23.5. The van der Waals surface area contributed by atoms with Crippen molar-refractivity contribution in [3.8, 4) is 5.75 Å². The van der Waals surface area contributed by atoms with Crippen molar-refractivity contribution in [2.75, 3.05) is 11.9 Å². The minimum Gasteiger partial charge on any atom is -0.482 e. The number of carbonyl (C=O) groups is 2. The van der Waals surface area contributed by atoms with Crippen LogP contribution in [0.15, 0.2) is 41.0 Å². The zero-order valence-electron chi connectivity index (χ0n) is 12.1. The molecule has 2 N–H and O–H groups in total. The number of carbonyl (C=O) groups excluding carboxylic acids is 2. The van der Waals surface area contributed by atoms with Gasteiger partial charge in [-0.3, -0.25) is 9.59 Å². The molecule has 6 nitrogen and oxygen atoms in total. The Kier molecular flexibility index (Phi) is 3.82. The summed E-state index contributed by atoms with van der Waals surface area (Å²) in [6, 6.07) is 8.58. The van der Waals surface area contributed by atoms with Gasteiger partial charge in [-0.25, -0.2) is 0 Å². The third kappa shape index (κ3) is 3.11. The highest BCUT2D eigenvalue weighted by molar-refractivity contribution is 5.99. The van der Waals surface area contributed by atoms with Crippen LogP contribution in [0.5, 0.6) is 5.75 Å². The highest BCUT2D eigenvalue weighted by atomic mass is 16.5. The molecule has 1 unspecified atom stereocenters. The van der Waals surface area contributed by atoms with E-state index in [0.29, 0.717) is 23.4 Å². The van der Waals surface area contributed by atoms with Crippen molar-refractivity contribution in [1.29, 1.82) is 0 Å². The molecule has 0 saturated heterocycles. The Hall–Kier alpha value is -2.76. The van der Waals surface area contributed by atoms with Crippen LogP contribution < -0.4 is 15.4 Å². The number of amides is 2. The molecule has 1 aromatic heterocycles. The molecule has 1 aliphatic heterocycles. The van der Waals surface area contributed by atoms with Gasteiger partial charge in [0.1, 0.15) is 11.5 Å². The van der Waals surface area contributed by atoms with Crippen molar-refractivity contribution in [2.24, 2.45) is 0 Å². The summed E-state index contributed by atoms with van der Waals surface area (Å²) < 4.78 is 10.6. The van der Waals surface area contributed by atoms with E-state index in [0.717, 1.165) is 5.76 Å². The number of rotatable bonds is 4. The molecule has 0 radical (unpaired) electrons. The predicted molar refractivity (Wildman–Crippen MR) is 79.9 cm³/mol. The number of benzene rings is 1. The zero-order chi connectivity index (χ0) is 15.5. The van der Waals surface area contributed by atoms with Gasteiger partial charge < -0.3 is 19.8 Å². The van der Waals surface area contributed by atoms with Gasteiger partial charge in [0.05, 0.1) is 12.0 Å². The Balaban J connectivity index is 1.66. The van der Waals surface area contributed by atoms with Gasteiger partial charge in [-0.2, -0.15) is 0 Å². The maximum atomic E-state index is 12.2. The third-order valence-corrected chi connectivity index (χ3v) is 3.34. The Morgan fingerprint density at radius 2 is 2.27 bits per heavy atom. The molecule has 2 aromatic rings. The van der Waals surface area contributed by atoms with E-state index in [1.54, 1.807) is 24.5 Å². The molecule has 2 amide bonds. The van der Waals surface area contributed by atoms with Crippen LogP contribution in [0.25, 0.3) is 0 Å². The fraction of sp³-hybridized carbons (Fsp3) is 0.250. The van der Waals surface area contributed by atoms with Crippen molar-refractivity contribution in [3.63, 3.8) is 0 Å². The van der Waals surface area contributed by atoms with Gasteiger partial charge in [0.15, 0.2) is 6.61 Å². The largest absolute Gasteiger partial charge is 0.482 e. The fourth-order valence-electron chi connectivity index (χ4n) is 2.30. The van der Waals surface area contributed by atoms with Crippen LogP contribution in [0.4, 0.5) is 5.69 Å². The summed E-state index contributed by atoms with van der Waals surface area (Å²) in [5.41, 5.74) is 1.07. The molecule has 6 heteroatoms. The van der Waals surface area contributed by atoms with Gasteiger partial charge in [-0.15, -0.1) is 0 Å². The molecular formula is C16H16N2O4. The van der Waals surface area contributed by atoms with Gasteiger partial charge >= 0.3 is 0 Å². The Morgan fingerprint density at radius 3 is 3.05 bits per heavy atom. The van der Waals surface area contributed by atoms with Crippen LogP contribution in [0.3, 0.4) is 0 Å². The van der Waals surface area contributed by atoms with Crippen LogP contribution in [-0.2, 0) is 11.2 Å². The van der Waals surface area contributed by atoms with E-state index in [4.69, 9.17) is 9.15 Å². The second-order valence-corrected chi connectivity index (χ2v) is 5.21. The summed E-state index contributed by atoms with van der Waals surface area (Å²) >= 11 is 0. The average Bonchev–Trinajstić information content (AvgIpc) is 2.99. The summed E-state index contributed by atoms with van der Waals surface area (Å²) in [6.45, 7) is 1.88. The molecule has 22 heavy (non-hydrogen) atoms. The van der Waals surface area contributed by atoms with E-state index in [9.17, 15) is 9.59 Å². The number of nitrogens with one attached hydrogen (secondary N) is 2. The van der Waals surface area contributed by atoms with E-state index in [1.807, 2.05) is 19.1 Å². The van der Waals surface area contributed by atoms with Crippen LogP contribution in [0.1, 0.15) is 23.0 Å². The van der Waals surface area contributed by atoms with Gasteiger partial charge in [-0.1, -0.05) is 0 Å². The first kappa shape index (κ1) is 14.2. The molecule has 114 valence electrons. The number of fused-ring (bicyclic) bond motifs is 1. The molecule has 0 bridgehead atoms. The molecule has 0 aliphatic carbocycles. The highest BCUT2D eigenvalue weighted by Crippen LogP contribution is 2.28. The minimum absolute atomic E-state index is 0.0348. The Bertz CT molecular complexity index is 694. The number of furan rings is 1. The van der Waals surface area contributed by atoms with E-state index in [-0.39, 0.29) is 24.5 Å². The average molecular weight is 300 g/mol. The van der Waals surface area contributed by atoms with Crippen LogP contribution >= 0.6 is 0 Å². The van der Waals surface area contributed by atoms with Crippen molar-refractivity contribution >= 4 is 17.5 Å². The second kappa shape index (κ2) is 5.93. The first-order chi connectivity index (χ1) is 10.6. The molecule has 0 spiro atoms. The number of hydrogen-bond acceptors (Lipinski definition) is 4. The van der Waals surface area contributed by atoms with Gasteiger partial charge in [0, 0.05) is 18.0 Å². The zero-order valence-corrected chi connectivity index (χ0v) is 12.1. The molecule has 0 fully saturated rings. The summed E-state index contributed by atoms with van der Waals surface area (Å²) in [5.74, 6) is 0.939. The summed E-state index contributed by atoms with van der Waals surface area (Å²) in [5, 5.41) is 5.60. The summed E-state index contributed by atoms with van der Waals surface area (Å²) in [7, 11) is 0. The van der Waals surface area contributed by atoms with Gasteiger partial charge in [-0.05, 0) is 37.3 Å². The molecular weight excluding hydrogens is 284 g/mol. The quantitative estimate of drug-likeness (QED) is 0.904. The number of ether oxygens (including phenoxy) is 1. The lowest BCUT2D eigenvalue weighted by Crippen LogP contribution is -2.34. The lowest BCUT2D eigenvalue weighted by Gasteiger charge is -2.19. The van der Waals surface area contributed by atoms with E-state index in [2.05, 4.69) is 10.6 Å². The topological polar surface area (TPSA) is 80.6 Å². The standard InChI is InChI=1S/C16H16N2O4/c1-10(7-12-3-2-6-21-12)17-16(20)11-4-5-13-14(8-11)22-9-15(19)18-13/h2-6,8,10H,7,9H2,1H3,(H,17,20)(H,18,19). The SMILES string of the molecule is CC(Cc1ccco1)NC(=O)c1ccc2c(c1)OCC(=O)N2. The van der Waals surface area contributed by atoms with Crippen molar-refractivity contribution in [3.05, 3.63) is 47.9 Å². The molecule has 1 aromatic carbocycles. The second-order valence-electron chi connectivity index (χ2n) is 5.21. The van der Waals surface area contributed by atoms with Crippen molar-refractivity contribution in [2.45, 2.75) is 19.4 Å². The normalized spacial score (nSPS) is 14.5. The van der Waals surface area contributed by atoms with Crippen LogP contribution in [-0.4, -0.2) is 24.5 Å². The first-order valence-electron chi connectivity index (χ1n) is 7.02. The Labute approximate surface area is 127 Å². The van der Waals surface area contributed by atoms with Gasteiger partial charge in [0.25, 0.3) is 11.8 Å². The van der Waals surface area contributed by atoms with Crippen molar-refractivity contribution < 1.29 is 18.7 Å². The predicted octanol–water partition coefficient (Wildman–Crippen LogP) is 1.97. The van der Waals surface area contributed by atoms with E-state index >= 15 is 0 Å². The van der Waals surface area contributed by atoms with E-state index < -0.39 is 0 Å². The smallest absolute Gasteiger partial charge is 0.262 e. The van der Waals surface area contributed by atoms with Crippen molar-refractivity contribution in [1.82, 2.24) is 5.32 Å². The Morgan fingerprint density at radius 1 is 1.41 bits per heavy atom. The molecule has 1 aliphatic rings. The fourth-order valence-corrected chi connectivity index (χ4v) is 2.30. The molecule has 0 saturated carbocycles. The van der Waals surface area contributed by atoms with Crippen LogP contribution in [0.2, 0.25) is 0 Å². The molecule has 1 atom stereocenters. The van der Waals surface area contributed by atoms with Gasteiger partial charge in [0.2, 0.25) is 0 Å². The lowest BCUT2D eigenvalue weighted by atomic mass is 10.1. The third-order valence-electron chi connectivity index (χ3n) is 3.34. The van der Waals surface area contributed by atoms with E-state index in [1.165, 1.54) is 0 Å². The van der Waals surface area contributed by atoms with Crippen LogP contribution in [0, 0.1) is 0 Å².